The minimum atomic E-state index is -2.25. The minimum Gasteiger partial charge on any atom is -0.414 e. The molecule has 4 atom stereocenters. The molecule has 0 bridgehead atoms. The Morgan fingerprint density at radius 2 is 1.27 bits per heavy atom. The number of hydrogen-bond acceptors (Lipinski definition) is 8. The first-order chi connectivity index (χ1) is 17.9. The highest BCUT2D eigenvalue weighted by Gasteiger charge is 2.55. The lowest BCUT2D eigenvalue weighted by molar-refractivity contribution is -0.0470. The van der Waals surface area contributed by atoms with E-state index in [9.17, 15) is 0 Å². The second-order valence-corrected chi connectivity index (χ2v) is 30.2. The van der Waals surface area contributed by atoms with Crippen LogP contribution < -0.4 is 5.73 Å². The van der Waals surface area contributed by atoms with Gasteiger partial charge in [0.1, 0.15) is 30.2 Å². The van der Waals surface area contributed by atoms with Gasteiger partial charge in [-0.2, -0.15) is 0 Å². The molecule has 2 aromatic heterocycles. The van der Waals surface area contributed by atoms with Crippen molar-refractivity contribution >= 4 is 41.9 Å². The number of aromatic nitrogens is 4. The summed E-state index contributed by atoms with van der Waals surface area (Å²) in [6.45, 7) is 34.4. The number of nitrogens with two attached hydrogens (primary N) is 1. The zero-order chi connectivity index (χ0) is 30.7. The minimum absolute atomic E-state index is 0.00158. The lowest BCUT2D eigenvalue weighted by Crippen LogP contribution is -2.54. The molecule has 40 heavy (non-hydrogen) atoms. The molecule has 1 aliphatic heterocycles. The van der Waals surface area contributed by atoms with E-state index in [0.717, 1.165) is 0 Å². The molecule has 2 N–H and O–H groups in total. The van der Waals surface area contributed by atoms with Crippen LogP contribution in [0.15, 0.2) is 12.7 Å². The molecule has 1 aliphatic rings. The number of hydrogen-bond donors (Lipinski definition) is 1. The molecule has 1 fully saturated rings. The molecular weight excluding hydrogens is 555 g/mol. The molecule has 2 aromatic rings. The Labute approximate surface area is 245 Å². The summed E-state index contributed by atoms with van der Waals surface area (Å²) in [6.07, 6.45) is 1.69. The molecule has 0 radical (unpaired) electrons. The monoisotopic (exact) mass is 609 g/mol. The highest BCUT2D eigenvalue weighted by atomic mass is 28.4. The molecule has 0 unspecified atom stereocenters. The van der Waals surface area contributed by atoms with Gasteiger partial charge in [0, 0.05) is 0 Å². The number of ether oxygens (including phenoxy) is 1. The maximum atomic E-state index is 7.22. The van der Waals surface area contributed by atoms with Crippen LogP contribution in [0.25, 0.3) is 11.2 Å². The molecule has 1 saturated heterocycles. The standard InChI is InChI=1S/C28H55N5O4Si3/c1-26(2,3)38(10,11)34-16-19-21(36-39(12,13)27(4,5)6)22(37-40(14,15)28(7,8)9)25(35-19)33-18-32-20-23(29)30-17-31-24(20)33/h17-19,21-22,25H,16H2,1-15H3,(H2,29,30,31)/t19-,21-,22+,25-/m0/s1. The average molecular weight is 610 g/mol. The molecule has 3 heterocycles. The molecule has 0 aromatic carbocycles. The number of imidazole rings is 1. The van der Waals surface area contributed by atoms with Crippen LogP contribution in [-0.4, -0.2) is 69.4 Å². The van der Waals surface area contributed by atoms with E-state index in [0.29, 0.717) is 23.6 Å². The van der Waals surface area contributed by atoms with Gasteiger partial charge in [-0.1, -0.05) is 62.3 Å². The van der Waals surface area contributed by atoms with Gasteiger partial charge in [-0.05, 0) is 54.4 Å². The number of nitrogens with zero attached hydrogens (tertiary/aromatic N) is 4. The molecule has 12 heteroatoms. The summed E-state index contributed by atoms with van der Waals surface area (Å²) in [6, 6.07) is 0. The van der Waals surface area contributed by atoms with Crippen molar-refractivity contribution in [2.75, 3.05) is 12.3 Å². The summed E-state index contributed by atoms with van der Waals surface area (Å²) in [5.74, 6) is 0.343. The smallest absolute Gasteiger partial charge is 0.192 e. The summed E-state index contributed by atoms with van der Waals surface area (Å²) < 4.78 is 30.1. The summed E-state index contributed by atoms with van der Waals surface area (Å²) in [5.41, 5.74) is 7.34. The van der Waals surface area contributed by atoms with E-state index >= 15 is 0 Å². The summed E-state index contributed by atoms with van der Waals surface area (Å²) in [4.78, 5) is 13.2. The largest absolute Gasteiger partial charge is 0.414 e. The van der Waals surface area contributed by atoms with Crippen molar-refractivity contribution in [2.45, 2.75) is 141 Å². The van der Waals surface area contributed by atoms with Gasteiger partial charge >= 0.3 is 0 Å². The second kappa shape index (κ2) is 10.8. The lowest BCUT2D eigenvalue weighted by Gasteiger charge is -2.44. The van der Waals surface area contributed by atoms with Gasteiger partial charge in [0.25, 0.3) is 0 Å². The van der Waals surface area contributed by atoms with Gasteiger partial charge in [0.05, 0.1) is 12.9 Å². The van der Waals surface area contributed by atoms with Crippen LogP contribution in [-0.2, 0) is 18.0 Å². The Kier molecular flexibility index (Phi) is 9.03. The second-order valence-electron chi connectivity index (χ2n) is 15.9. The van der Waals surface area contributed by atoms with Crippen LogP contribution in [0.1, 0.15) is 68.5 Å². The SMILES string of the molecule is CC(C)(C)[Si](C)(C)OC[C@@H]1O[C@H](n2cnc3c(N)ncnc32)[C@H](O[Si](C)(C)C(C)(C)C)[C@H]1O[Si](C)(C)C(C)(C)C. The predicted octanol–water partition coefficient (Wildman–Crippen LogP) is 7.11. The normalized spacial score (nSPS) is 23.8. The van der Waals surface area contributed by atoms with E-state index in [1.807, 2.05) is 4.57 Å². The maximum absolute atomic E-state index is 7.22. The molecule has 0 saturated carbocycles. The highest BCUT2D eigenvalue weighted by Crippen LogP contribution is 2.47. The van der Waals surface area contributed by atoms with Crippen molar-refractivity contribution in [3.63, 3.8) is 0 Å². The van der Waals surface area contributed by atoms with Gasteiger partial charge in [-0.3, -0.25) is 4.57 Å². The molecule has 3 rings (SSSR count). The third kappa shape index (κ3) is 6.57. The van der Waals surface area contributed by atoms with Gasteiger partial charge in [-0.25, -0.2) is 15.0 Å². The number of nitrogen functional groups attached to an aromatic ring is 1. The van der Waals surface area contributed by atoms with E-state index in [1.165, 1.54) is 6.33 Å². The van der Waals surface area contributed by atoms with Crippen LogP contribution in [0.2, 0.25) is 54.4 Å². The zero-order valence-corrected chi connectivity index (χ0v) is 30.7. The molecule has 0 spiro atoms. The fourth-order valence-corrected chi connectivity index (χ4v) is 7.55. The van der Waals surface area contributed by atoms with Gasteiger partial charge in [0.15, 0.2) is 42.6 Å². The van der Waals surface area contributed by atoms with Crippen molar-refractivity contribution in [3.8, 4) is 0 Å². The summed E-state index contributed by atoms with van der Waals surface area (Å²) in [5, 5.41) is 0.0893. The third-order valence-electron chi connectivity index (χ3n) is 9.84. The Balaban J connectivity index is 2.15. The van der Waals surface area contributed by atoms with Crippen LogP contribution in [0.5, 0.6) is 0 Å². The Bertz CT molecular complexity index is 1180. The molecule has 228 valence electrons. The molecule has 0 aliphatic carbocycles. The van der Waals surface area contributed by atoms with Gasteiger partial charge in [-0.15, -0.1) is 0 Å². The van der Waals surface area contributed by atoms with Gasteiger partial charge < -0.3 is 23.7 Å². The van der Waals surface area contributed by atoms with Crippen LogP contribution >= 0.6 is 0 Å². The lowest BCUT2D eigenvalue weighted by atomic mass is 10.1. The summed E-state index contributed by atoms with van der Waals surface area (Å²) in [7, 11) is -6.52. The van der Waals surface area contributed by atoms with Crippen molar-refractivity contribution in [1.29, 1.82) is 0 Å². The molecule has 9 nitrogen and oxygen atoms in total. The van der Waals surface area contributed by atoms with Crippen LogP contribution in [0.3, 0.4) is 0 Å². The maximum Gasteiger partial charge on any atom is 0.192 e. The van der Waals surface area contributed by atoms with Gasteiger partial charge in [0.2, 0.25) is 0 Å². The quantitative estimate of drug-likeness (QED) is 0.316. The first-order valence-corrected chi connectivity index (χ1v) is 23.2. The van der Waals surface area contributed by atoms with Crippen LogP contribution in [0.4, 0.5) is 5.82 Å². The first kappa shape index (κ1) is 33.3. The van der Waals surface area contributed by atoms with E-state index in [-0.39, 0.29) is 33.4 Å². The van der Waals surface area contributed by atoms with E-state index in [1.54, 1.807) is 6.33 Å². The fourth-order valence-electron chi connectivity index (χ4n) is 3.93. The van der Waals surface area contributed by atoms with Crippen LogP contribution in [0, 0.1) is 0 Å². The Morgan fingerprint density at radius 1 is 0.775 bits per heavy atom. The molecular formula is C28H55N5O4Si3. The van der Waals surface area contributed by atoms with Crippen molar-refractivity contribution < 1.29 is 18.0 Å². The van der Waals surface area contributed by atoms with E-state index in [2.05, 4.69) is 117 Å². The van der Waals surface area contributed by atoms with E-state index in [4.69, 9.17) is 23.7 Å². The number of fused-ring (bicyclic) bond motifs is 1. The number of rotatable bonds is 8. The zero-order valence-electron chi connectivity index (χ0n) is 27.7. The van der Waals surface area contributed by atoms with Crippen molar-refractivity contribution in [3.05, 3.63) is 12.7 Å². The molecule has 0 amide bonds. The van der Waals surface area contributed by atoms with E-state index < -0.39 is 31.2 Å². The Hall–Kier alpha value is -1.16. The third-order valence-corrected chi connectivity index (χ3v) is 23.3. The number of anilines is 1. The van der Waals surface area contributed by atoms with Crippen molar-refractivity contribution in [1.82, 2.24) is 19.5 Å². The summed E-state index contributed by atoms with van der Waals surface area (Å²) >= 11 is 0. The topological polar surface area (TPSA) is 107 Å². The van der Waals surface area contributed by atoms with Crippen molar-refractivity contribution in [2.24, 2.45) is 0 Å². The Morgan fingerprint density at radius 3 is 1.77 bits per heavy atom. The first-order valence-electron chi connectivity index (χ1n) is 14.5. The fraction of sp³-hybridized carbons (Fsp3) is 0.821. The predicted molar refractivity (Wildman–Crippen MR) is 171 cm³/mol. The average Bonchev–Trinajstić information content (AvgIpc) is 3.32. The highest BCUT2D eigenvalue weighted by molar-refractivity contribution is 6.75.